The molecule has 0 spiro atoms. The van der Waals surface area contributed by atoms with Crippen LogP contribution < -0.4 is 0 Å². The molecule has 60 heteroatoms. The Kier molecular flexibility index (Phi) is 24.6. The van der Waals surface area contributed by atoms with Gasteiger partial charge in [-0.15, -0.1) is 0 Å². The largest absolute Gasteiger partial charge is 0.509 e. The molecule has 8 unspecified atom stereocenters. The zero-order valence-corrected chi connectivity index (χ0v) is 44.9. The average Bonchev–Trinajstić information content (AvgIpc) is 0.723. The highest BCUT2D eigenvalue weighted by atomic mass is 28.4. The predicted octanol–water partition coefficient (Wildman–Crippen LogP) is 15.7. The quantitative estimate of drug-likeness (QED) is 0.0487. The molecular weight excluding hydrogens is 1510 g/mol. The summed E-state index contributed by atoms with van der Waals surface area (Å²) in [5.74, 6) is -70.6. The van der Waals surface area contributed by atoms with Crippen LogP contribution in [0, 0.1) is 0 Å². The van der Waals surface area contributed by atoms with Gasteiger partial charge in [0.05, 0.1) is 5.54 Å². The molecular formula is C32H24F46O12Si2. The molecule has 0 fully saturated rings. The van der Waals surface area contributed by atoms with Crippen LogP contribution in [0.15, 0.2) is 0 Å². The fourth-order valence-corrected chi connectivity index (χ4v) is 11.8. The molecule has 8 atom stereocenters. The molecule has 0 bridgehead atoms. The highest BCUT2D eigenvalue weighted by molar-refractivity contribution is 6.64. The lowest BCUT2D eigenvalue weighted by atomic mass is 10.0. The Balaban J connectivity index is 9.28. The SMILES string of the molecule is CO[Si](OC)(OC)C(CC(C(F)(OC(F)(F)C(F)(OC(F)(F)C(F)(OC(F)(F)C(F)(F)C(F)(F)F)C(F)(F)F)C(F)(F)F)C(F)(F)F)[Si](OC)(OC)OC)CC(F)(OC(F)(F)C(F)(OC(F)(F)C(F)(OC(F)(F)C(F)(F)C(F)(F)F)C(F)(F)F)C(F)(F)F)C(F)(F)F. The Bertz CT molecular complexity index is 2420. The van der Waals surface area contributed by atoms with Crippen molar-refractivity contribution in [1.29, 1.82) is 0 Å². The van der Waals surface area contributed by atoms with E-state index in [4.69, 9.17) is 0 Å². The first-order chi connectivity index (χ1) is 39.6. The van der Waals surface area contributed by atoms with Crippen LogP contribution in [0.3, 0.4) is 0 Å². The lowest BCUT2D eigenvalue weighted by molar-refractivity contribution is -0.580. The maximum absolute atomic E-state index is 17.1. The van der Waals surface area contributed by atoms with E-state index in [-0.39, 0.29) is 21.3 Å². The van der Waals surface area contributed by atoms with Crippen LogP contribution in [0.25, 0.3) is 0 Å². The minimum Gasteiger partial charge on any atom is -0.377 e. The summed E-state index contributed by atoms with van der Waals surface area (Å²) in [5.41, 5.74) is -10.3. The molecule has 0 heterocycles. The van der Waals surface area contributed by atoms with E-state index >= 15 is 48.3 Å². The summed E-state index contributed by atoms with van der Waals surface area (Å²) >= 11 is 0. The van der Waals surface area contributed by atoms with Crippen LogP contribution >= 0.6 is 0 Å². The van der Waals surface area contributed by atoms with E-state index in [1.54, 1.807) is 0 Å². The summed E-state index contributed by atoms with van der Waals surface area (Å²) in [6.45, 7) is 0. The van der Waals surface area contributed by atoms with Gasteiger partial charge in [-0.25, -0.2) is 8.78 Å². The van der Waals surface area contributed by atoms with Gasteiger partial charge in [0.15, 0.2) is 0 Å². The van der Waals surface area contributed by atoms with Crippen molar-refractivity contribution < 1.29 is 257 Å². The molecule has 0 saturated carbocycles. The first kappa shape index (κ1) is 88.7. The van der Waals surface area contributed by atoms with E-state index in [0.717, 1.165) is 18.9 Å². The van der Waals surface area contributed by atoms with Crippen molar-refractivity contribution in [3.05, 3.63) is 0 Å². The molecule has 0 aromatic carbocycles. The second kappa shape index (κ2) is 25.5. The molecule has 0 aromatic rings. The lowest BCUT2D eigenvalue weighted by Gasteiger charge is -2.47. The fourth-order valence-electron chi connectivity index (χ4n) is 6.39. The summed E-state index contributed by atoms with van der Waals surface area (Å²) in [7, 11) is -17.0. The number of ether oxygens (including phenoxy) is 6. The number of hydrogen-bond acceptors (Lipinski definition) is 12. The highest BCUT2D eigenvalue weighted by Crippen LogP contribution is 2.65. The second-order valence-electron chi connectivity index (χ2n) is 16.7. The van der Waals surface area contributed by atoms with Gasteiger partial charge in [-0.1, -0.05) is 0 Å². The molecule has 0 amide bonds. The van der Waals surface area contributed by atoms with Crippen molar-refractivity contribution in [2.75, 3.05) is 42.7 Å². The van der Waals surface area contributed by atoms with Gasteiger partial charge in [-0.05, 0) is 6.42 Å². The molecule has 0 aliphatic carbocycles. The third-order valence-corrected chi connectivity index (χ3v) is 17.3. The molecule has 0 rings (SSSR count). The number of alkyl halides is 46. The number of halogens is 46. The van der Waals surface area contributed by atoms with Crippen molar-refractivity contribution in [2.24, 2.45) is 0 Å². The number of rotatable bonds is 31. The highest BCUT2D eigenvalue weighted by Gasteiger charge is 2.91. The molecule has 0 aromatic heterocycles. The van der Waals surface area contributed by atoms with Gasteiger partial charge in [0.1, 0.15) is 0 Å². The first-order valence-corrected chi connectivity index (χ1v) is 24.4. The van der Waals surface area contributed by atoms with Crippen LogP contribution in [0.5, 0.6) is 0 Å². The smallest absolute Gasteiger partial charge is 0.377 e. The Labute approximate surface area is 475 Å². The Morgan fingerprint density at radius 1 is 0.239 bits per heavy atom. The van der Waals surface area contributed by atoms with Crippen LogP contribution in [-0.2, 0) is 55.0 Å². The Hall–Kier alpha value is -3.27. The predicted molar refractivity (Wildman–Crippen MR) is 188 cm³/mol. The zero-order chi connectivity index (χ0) is 75.1. The topological polar surface area (TPSA) is 111 Å². The average molecular weight is 1530 g/mol. The lowest BCUT2D eigenvalue weighted by Crippen LogP contribution is -2.71. The molecule has 92 heavy (non-hydrogen) atoms. The van der Waals surface area contributed by atoms with Crippen molar-refractivity contribution in [3.63, 3.8) is 0 Å². The van der Waals surface area contributed by atoms with Crippen molar-refractivity contribution in [2.45, 2.75) is 157 Å². The molecule has 554 valence electrons. The molecule has 0 aliphatic heterocycles. The van der Waals surface area contributed by atoms with Gasteiger partial charge >= 0.3 is 151 Å². The Morgan fingerprint density at radius 3 is 0.652 bits per heavy atom. The molecule has 0 radical (unpaired) electrons. The van der Waals surface area contributed by atoms with Crippen LogP contribution in [0.4, 0.5) is 202 Å². The van der Waals surface area contributed by atoms with E-state index in [1.807, 2.05) is 9.47 Å². The van der Waals surface area contributed by atoms with E-state index in [0.29, 0.717) is 0 Å². The molecule has 12 nitrogen and oxygen atoms in total. The van der Waals surface area contributed by atoms with Crippen molar-refractivity contribution in [3.8, 4) is 0 Å². The molecule has 0 N–H and O–H groups in total. The normalized spacial score (nSPS) is 20.3. The minimum absolute atomic E-state index is 0.366. The third-order valence-electron chi connectivity index (χ3n) is 11.0. The summed E-state index contributed by atoms with van der Waals surface area (Å²) < 4.78 is 687. The fraction of sp³-hybridized carbons (Fsp3) is 1.00. The standard InChI is InChI=1S/C32H24F46O12Si2/c1-79-91(80-2,81-3)9(8-11(33,19(43,44)45)85-29(71,72)15(39,23(55,56)57)89-31(75,76)17(41,25(61,62)63)87-27(67,68)13(35,36)21(49,50)51)7-10(92(82-4,83-5)84-6)12(34,20(46,47)48)86-30(73,74)16(40,24(58,59)60)90-32(77,78)18(42,26(64,65)66)88-28(69,70)14(37,38)22(52,53)54/h9-10H,7-8H2,1-6H3. The molecule has 0 saturated heterocycles. The van der Waals surface area contributed by atoms with Gasteiger partial charge in [0, 0.05) is 54.6 Å². The van der Waals surface area contributed by atoms with Crippen LogP contribution in [-0.4, -0.2) is 193 Å². The summed E-state index contributed by atoms with van der Waals surface area (Å²) in [6, 6.07) is 0. The minimum atomic E-state index is -9.41. The van der Waals surface area contributed by atoms with E-state index < -0.39 is 196 Å². The zero-order valence-electron chi connectivity index (χ0n) is 42.9. The van der Waals surface area contributed by atoms with E-state index in [1.165, 1.54) is 0 Å². The Morgan fingerprint density at radius 2 is 0.457 bits per heavy atom. The van der Waals surface area contributed by atoms with Gasteiger partial charge in [-0.3, -0.25) is 28.4 Å². The van der Waals surface area contributed by atoms with Crippen molar-refractivity contribution in [1.82, 2.24) is 0 Å². The first-order valence-electron chi connectivity index (χ1n) is 20.8. The number of hydrogen-bond donors (Lipinski definition) is 0. The maximum atomic E-state index is 17.1. The summed E-state index contributed by atoms with van der Waals surface area (Å²) in [5, 5.41) is 0. The van der Waals surface area contributed by atoms with E-state index in [9.17, 15) is 154 Å². The van der Waals surface area contributed by atoms with Gasteiger partial charge < -0.3 is 26.6 Å². The third kappa shape index (κ3) is 15.4. The van der Waals surface area contributed by atoms with Crippen LogP contribution in [0.1, 0.15) is 12.8 Å². The van der Waals surface area contributed by atoms with Crippen molar-refractivity contribution >= 4 is 17.6 Å². The van der Waals surface area contributed by atoms with E-state index in [2.05, 4.69) is 26.6 Å². The van der Waals surface area contributed by atoms with Gasteiger partial charge in [-0.2, -0.15) is 193 Å². The van der Waals surface area contributed by atoms with Gasteiger partial charge in [0.2, 0.25) is 0 Å². The summed E-state index contributed by atoms with van der Waals surface area (Å²) in [4.78, 5) is 0. The summed E-state index contributed by atoms with van der Waals surface area (Å²) in [6.07, 6.45) is -132. The molecule has 0 aliphatic rings. The maximum Gasteiger partial charge on any atom is 0.509 e. The second-order valence-corrected chi connectivity index (χ2v) is 23.1. The van der Waals surface area contributed by atoms with Gasteiger partial charge in [0.25, 0.3) is 0 Å². The van der Waals surface area contributed by atoms with Crippen LogP contribution in [0.2, 0.25) is 11.1 Å². The monoisotopic (exact) mass is 1530 g/mol.